The summed E-state index contributed by atoms with van der Waals surface area (Å²) in [5, 5.41) is 4.85. The number of fused-ring (bicyclic) bond motifs is 1. The smallest absolute Gasteiger partial charge is 0.214 e. The Labute approximate surface area is 132 Å². The van der Waals surface area contributed by atoms with Gasteiger partial charge in [-0.15, -0.1) is 0 Å². The topological polar surface area (TPSA) is 25.1 Å². The SMILES string of the molecule is C[n+]1cccc2ccc(NCCC[N+]3(C)CCOCC3)cc21. The molecule has 0 spiro atoms. The maximum atomic E-state index is 5.46. The molecule has 1 aliphatic rings. The van der Waals surface area contributed by atoms with E-state index in [0.29, 0.717) is 0 Å². The summed E-state index contributed by atoms with van der Waals surface area (Å²) in [6.07, 6.45) is 3.28. The van der Waals surface area contributed by atoms with E-state index in [0.717, 1.165) is 37.3 Å². The first kappa shape index (κ1) is 15.3. The zero-order chi connectivity index (χ0) is 15.4. The summed E-state index contributed by atoms with van der Waals surface area (Å²) in [4.78, 5) is 0. The number of nitrogens with zero attached hydrogens (tertiary/aromatic N) is 2. The van der Waals surface area contributed by atoms with Gasteiger partial charge < -0.3 is 14.5 Å². The number of ether oxygens (including phenoxy) is 1. The lowest BCUT2D eigenvalue weighted by Gasteiger charge is -2.37. The van der Waals surface area contributed by atoms with Gasteiger partial charge in [0.1, 0.15) is 20.1 Å². The first-order chi connectivity index (χ1) is 10.7. The third-order valence-corrected chi connectivity index (χ3v) is 4.75. The molecule has 1 aromatic carbocycles. The number of hydrogen-bond donors (Lipinski definition) is 1. The summed E-state index contributed by atoms with van der Waals surface area (Å²) >= 11 is 0. The van der Waals surface area contributed by atoms with Gasteiger partial charge in [-0.1, -0.05) is 0 Å². The molecule has 4 nitrogen and oxygen atoms in total. The molecule has 0 radical (unpaired) electrons. The second-order valence-electron chi connectivity index (χ2n) is 6.58. The Morgan fingerprint density at radius 2 is 2.05 bits per heavy atom. The van der Waals surface area contributed by atoms with Crippen molar-refractivity contribution in [3.05, 3.63) is 36.5 Å². The van der Waals surface area contributed by atoms with Crippen LogP contribution in [0.3, 0.4) is 0 Å². The highest BCUT2D eigenvalue weighted by Crippen LogP contribution is 2.16. The zero-order valence-corrected chi connectivity index (χ0v) is 13.7. The van der Waals surface area contributed by atoms with Gasteiger partial charge in [-0.05, 0) is 18.2 Å². The average Bonchev–Trinajstić information content (AvgIpc) is 2.53. The van der Waals surface area contributed by atoms with Crippen LogP contribution in [0.1, 0.15) is 6.42 Å². The number of rotatable bonds is 5. The lowest BCUT2D eigenvalue weighted by molar-refractivity contribution is -0.916. The second-order valence-corrected chi connectivity index (χ2v) is 6.58. The van der Waals surface area contributed by atoms with E-state index in [1.165, 1.54) is 29.6 Å². The first-order valence-electron chi connectivity index (χ1n) is 8.20. The molecule has 0 aliphatic carbocycles. The fourth-order valence-corrected chi connectivity index (χ4v) is 3.16. The van der Waals surface area contributed by atoms with Gasteiger partial charge in [0.25, 0.3) is 0 Å². The summed E-state index contributed by atoms with van der Waals surface area (Å²) in [5.41, 5.74) is 2.47. The second kappa shape index (κ2) is 6.63. The molecule has 0 unspecified atom stereocenters. The van der Waals surface area contributed by atoms with Crippen LogP contribution in [0, 0.1) is 0 Å². The molecule has 118 valence electrons. The molecule has 22 heavy (non-hydrogen) atoms. The van der Waals surface area contributed by atoms with Crippen molar-refractivity contribution in [3.63, 3.8) is 0 Å². The van der Waals surface area contributed by atoms with Crippen LogP contribution in [0.25, 0.3) is 10.9 Å². The van der Waals surface area contributed by atoms with Gasteiger partial charge in [-0.3, -0.25) is 0 Å². The number of likely N-dealkylation sites (N-methyl/N-ethyl adjacent to an activating group) is 1. The third-order valence-electron chi connectivity index (χ3n) is 4.75. The Morgan fingerprint density at radius 3 is 2.86 bits per heavy atom. The van der Waals surface area contributed by atoms with Crippen molar-refractivity contribution < 1.29 is 13.8 Å². The van der Waals surface area contributed by atoms with Crippen molar-refractivity contribution in [1.29, 1.82) is 0 Å². The number of anilines is 1. The fourth-order valence-electron chi connectivity index (χ4n) is 3.16. The Kier molecular flexibility index (Phi) is 4.60. The summed E-state index contributed by atoms with van der Waals surface area (Å²) < 4.78 is 8.77. The molecule has 1 saturated heterocycles. The molecule has 1 N–H and O–H groups in total. The highest BCUT2D eigenvalue weighted by molar-refractivity contribution is 5.79. The van der Waals surface area contributed by atoms with E-state index in [2.05, 4.69) is 60.5 Å². The number of pyridine rings is 1. The Balaban J connectivity index is 1.54. The minimum atomic E-state index is 0.908. The molecule has 0 atom stereocenters. The van der Waals surface area contributed by atoms with Crippen molar-refractivity contribution >= 4 is 16.6 Å². The van der Waals surface area contributed by atoms with E-state index in [-0.39, 0.29) is 0 Å². The van der Waals surface area contributed by atoms with Gasteiger partial charge >= 0.3 is 0 Å². The quantitative estimate of drug-likeness (QED) is 0.519. The molecule has 2 heterocycles. The summed E-state index contributed by atoms with van der Waals surface area (Å²) in [7, 11) is 4.44. The largest absolute Gasteiger partial charge is 0.385 e. The molecule has 1 aliphatic heterocycles. The fraction of sp³-hybridized carbons (Fsp3) is 0.500. The maximum absolute atomic E-state index is 5.46. The number of benzene rings is 1. The van der Waals surface area contributed by atoms with Crippen LogP contribution in [0.2, 0.25) is 0 Å². The van der Waals surface area contributed by atoms with Crippen molar-refractivity contribution in [1.82, 2.24) is 0 Å². The minimum Gasteiger partial charge on any atom is -0.385 e. The van der Waals surface area contributed by atoms with Crippen LogP contribution in [0.15, 0.2) is 36.5 Å². The van der Waals surface area contributed by atoms with E-state index in [9.17, 15) is 0 Å². The van der Waals surface area contributed by atoms with Gasteiger partial charge in [-0.2, -0.15) is 0 Å². The Bertz CT molecular complexity index is 635. The first-order valence-corrected chi connectivity index (χ1v) is 8.20. The van der Waals surface area contributed by atoms with E-state index in [1.807, 2.05) is 0 Å². The lowest BCUT2D eigenvalue weighted by Crippen LogP contribution is -2.52. The van der Waals surface area contributed by atoms with Crippen molar-refractivity contribution in [2.24, 2.45) is 7.05 Å². The van der Waals surface area contributed by atoms with Crippen LogP contribution in [0.5, 0.6) is 0 Å². The van der Waals surface area contributed by atoms with Crippen LogP contribution in [-0.4, -0.2) is 50.9 Å². The highest BCUT2D eigenvalue weighted by Gasteiger charge is 2.24. The van der Waals surface area contributed by atoms with E-state index < -0.39 is 0 Å². The molecule has 1 fully saturated rings. The summed E-state index contributed by atoms with van der Waals surface area (Å²) in [6.45, 7) is 6.35. The molecule has 1 aromatic heterocycles. The third kappa shape index (κ3) is 3.57. The molecular weight excluding hydrogens is 274 g/mol. The number of nitrogens with one attached hydrogen (secondary N) is 1. The van der Waals surface area contributed by atoms with Crippen molar-refractivity contribution in [2.45, 2.75) is 6.42 Å². The molecular formula is C18H27N3O+2. The molecule has 3 rings (SSSR count). The molecule has 4 heteroatoms. The summed E-state index contributed by atoms with van der Waals surface area (Å²) in [6, 6.07) is 10.8. The number of hydrogen-bond acceptors (Lipinski definition) is 2. The molecule has 0 saturated carbocycles. The molecule has 0 bridgehead atoms. The Morgan fingerprint density at radius 1 is 1.23 bits per heavy atom. The molecule has 0 amide bonds. The van der Waals surface area contributed by atoms with Crippen molar-refractivity contribution in [3.8, 4) is 0 Å². The minimum absolute atomic E-state index is 0.908. The van der Waals surface area contributed by atoms with Gasteiger partial charge in [0.2, 0.25) is 5.52 Å². The molecule has 2 aromatic rings. The van der Waals surface area contributed by atoms with Crippen LogP contribution in [0.4, 0.5) is 5.69 Å². The normalized spacial score (nSPS) is 17.5. The van der Waals surface area contributed by atoms with E-state index >= 15 is 0 Å². The van der Waals surface area contributed by atoms with Crippen molar-refractivity contribution in [2.75, 3.05) is 51.8 Å². The predicted molar refractivity (Wildman–Crippen MR) is 89.8 cm³/mol. The van der Waals surface area contributed by atoms with Crippen LogP contribution >= 0.6 is 0 Å². The van der Waals surface area contributed by atoms with Gasteiger partial charge in [-0.25, -0.2) is 4.57 Å². The van der Waals surface area contributed by atoms with Gasteiger partial charge in [0.15, 0.2) is 6.20 Å². The van der Waals surface area contributed by atoms with Crippen LogP contribution in [-0.2, 0) is 11.8 Å². The highest BCUT2D eigenvalue weighted by atomic mass is 16.5. The van der Waals surface area contributed by atoms with Gasteiger partial charge in [0.05, 0.1) is 26.8 Å². The number of aromatic nitrogens is 1. The lowest BCUT2D eigenvalue weighted by atomic mass is 10.2. The zero-order valence-electron chi connectivity index (χ0n) is 13.7. The van der Waals surface area contributed by atoms with E-state index in [1.54, 1.807) is 0 Å². The van der Waals surface area contributed by atoms with Gasteiger partial charge in [0, 0.05) is 36.2 Å². The standard InChI is InChI=1S/C18H26N3O/c1-20-9-3-5-16-6-7-17(15-18(16)20)19-8-4-10-21(2)11-13-22-14-12-21/h3,5-7,9,15H,4,8,10-14H2,1-2H3/q+1/p+1. The van der Waals surface area contributed by atoms with Crippen LogP contribution < -0.4 is 9.88 Å². The summed E-state index contributed by atoms with van der Waals surface area (Å²) in [5.74, 6) is 0. The maximum Gasteiger partial charge on any atom is 0.214 e. The van der Waals surface area contributed by atoms with E-state index in [4.69, 9.17) is 4.74 Å². The Hall–Kier alpha value is -1.65. The monoisotopic (exact) mass is 301 g/mol. The average molecular weight is 301 g/mol. The number of morpholine rings is 1. The number of quaternary nitrogens is 1. The predicted octanol–water partition coefficient (Wildman–Crippen LogP) is 1.94. The number of aryl methyl sites for hydroxylation is 1.